The zero-order valence-electron chi connectivity index (χ0n) is 10.5. The van der Waals surface area contributed by atoms with Crippen LogP contribution in [0.4, 0.5) is 18.9 Å². The van der Waals surface area contributed by atoms with Crippen LogP contribution in [0.2, 0.25) is 0 Å². The van der Waals surface area contributed by atoms with Crippen molar-refractivity contribution in [3.05, 3.63) is 57.0 Å². The predicted octanol–water partition coefficient (Wildman–Crippen LogP) is 5.72. The van der Waals surface area contributed by atoms with Crippen LogP contribution < -0.4 is 10.1 Å². The smallest absolute Gasteiger partial charge is 0.404 e. The molecule has 2 rings (SSSR count). The molecule has 2 aromatic carbocycles. The molecule has 0 aromatic heterocycles. The van der Waals surface area contributed by atoms with E-state index in [2.05, 4.69) is 41.9 Å². The molecule has 0 aliphatic carbocycles. The number of anilines is 1. The molecule has 1 N–H and O–H groups in total. The first-order valence-corrected chi connectivity index (χ1v) is 7.46. The van der Waals surface area contributed by atoms with Crippen LogP contribution in [0.5, 0.6) is 5.75 Å². The highest BCUT2D eigenvalue weighted by Gasteiger charge is 2.32. The Balaban J connectivity index is 2.15. The molecule has 0 aliphatic rings. The average molecular weight is 425 g/mol. The van der Waals surface area contributed by atoms with Crippen LogP contribution in [0.25, 0.3) is 0 Å². The fourth-order valence-corrected chi connectivity index (χ4v) is 2.48. The van der Waals surface area contributed by atoms with Crippen molar-refractivity contribution >= 4 is 37.5 Å². The van der Waals surface area contributed by atoms with Crippen LogP contribution in [-0.4, -0.2) is 6.36 Å². The van der Waals surface area contributed by atoms with Crippen LogP contribution in [0.15, 0.2) is 51.4 Å². The maximum atomic E-state index is 12.4. The molecular weight excluding hydrogens is 415 g/mol. The highest BCUT2D eigenvalue weighted by Crippen LogP contribution is 2.33. The lowest BCUT2D eigenvalue weighted by molar-refractivity contribution is -0.274. The Morgan fingerprint density at radius 2 is 1.71 bits per heavy atom. The minimum Gasteiger partial charge on any atom is -0.404 e. The third kappa shape index (κ3) is 5.24. The zero-order chi connectivity index (χ0) is 15.5. The highest BCUT2D eigenvalue weighted by atomic mass is 79.9. The van der Waals surface area contributed by atoms with Gasteiger partial charge in [0.25, 0.3) is 0 Å². The Bertz CT molecular complexity index is 632. The summed E-state index contributed by atoms with van der Waals surface area (Å²) in [4.78, 5) is 0. The number of benzene rings is 2. The minimum absolute atomic E-state index is 0.271. The fourth-order valence-electron chi connectivity index (χ4n) is 1.70. The molecule has 0 heterocycles. The van der Waals surface area contributed by atoms with E-state index in [1.165, 1.54) is 12.1 Å². The van der Waals surface area contributed by atoms with E-state index in [9.17, 15) is 13.2 Å². The van der Waals surface area contributed by atoms with Crippen molar-refractivity contribution in [3.63, 3.8) is 0 Å². The Morgan fingerprint density at radius 3 is 2.38 bits per heavy atom. The molecular formula is C14H10Br2F3NO. The molecule has 0 atom stereocenters. The van der Waals surface area contributed by atoms with Gasteiger partial charge in [-0.2, -0.15) is 0 Å². The number of hydrogen-bond acceptors (Lipinski definition) is 2. The first kappa shape index (κ1) is 16.2. The second-order valence-electron chi connectivity index (χ2n) is 4.17. The number of rotatable bonds is 4. The Labute approximate surface area is 136 Å². The van der Waals surface area contributed by atoms with Gasteiger partial charge in [-0.3, -0.25) is 0 Å². The summed E-state index contributed by atoms with van der Waals surface area (Å²) in [6.07, 6.45) is -4.73. The molecule has 2 nitrogen and oxygen atoms in total. The molecule has 0 unspecified atom stereocenters. The number of ether oxygens (including phenoxy) is 1. The summed E-state index contributed by atoms with van der Waals surface area (Å²) < 4.78 is 42.6. The third-order valence-electron chi connectivity index (χ3n) is 2.54. The average Bonchev–Trinajstić information content (AvgIpc) is 2.36. The van der Waals surface area contributed by atoms with Crippen LogP contribution in [0.3, 0.4) is 0 Å². The molecule has 0 spiro atoms. The van der Waals surface area contributed by atoms with Crippen molar-refractivity contribution in [2.75, 3.05) is 5.32 Å². The van der Waals surface area contributed by atoms with Crippen LogP contribution >= 0.6 is 31.9 Å². The van der Waals surface area contributed by atoms with E-state index in [4.69, 9.17) is 0 Å². The van der Waals surface area contributed by atoms with Crippen molar-refractivity contribution in [3.8, 4) is 5.75 Å². The summed E-state index contributed by atoms with van der Waals surface area (Å²) in [6.45, 7) is 0.384. The summed E-state index contributed by atoms with van der Waals surface area (Å²) in [5, 5.41) is 2.94. The van der Waals surface area contributed by atoms with Gasteiger partial charge < -0.3 is 10.1 Å². The van der Waals surface area contributed by atoms with E-state index < -0.39 is 6.36 Å². The Hall–Kier alpha value is -1.21. The molecule has 21 heavy (non-hydrogen) atoms. The Kier molecular flexibility index (Phi) is 5.16. The molecule has 0 aliphatic heterocycles. The van der Waals surface area contributed by atoms with Gasteiger partial charge in [-0.15, -0.1) is 13.2 Å². The van der Waals surface area contributed by atoms with Crippen molar-refractivity contribution < 1.29 is 17.9 Å². The van der Waals surface area contributed by atoms with Gasteiger partial charge in [-0.1, -0.05) is 44.0 Å². The maximum Gasteiger partial charge on any atom is 0.573 e. The second kappa shape index (κ2) is 6.70. The van der Waals surface area contributed by atoms with Gasteiger partial charge in [0.1, 0.15) is 0 Å². The zero-order valence-corrected chi connectivity index (χ0v) is 13.7. The van der Waals surface area contributed by atoms with Gasteiger partial charge in [0, 0.05) is 15.5 Å². The molecule has 2 aromatic rings. The van der Waals surface area contributed by atoms with Gasteiger partial charge in [-0.05, 0) is 35.9 Å². The highest BCUT2D eigenvalue weighted by molar-refractivity contribution is 9.10. The second-order valence-corrected chi connectivity index (χ2v) is 6.00. The van der Waals surface area contributed by atoms with Crippen molar-refractivity contribution in [1.82, 2.24) is 0 Å². The summed E-state index contributed by atoms with van der Waals surface area (Å²) in [6, 6.07) is 11.9. The van der Waals surface area contributed by atoms with Crippen LogP contribution in [0, 0.1) is 0 Å². The Morgan fingerprint density at radius 1 is 1.00 bits per heavy atom. The number of halogens is 5. The monoisotopic (exact) mass is 423 g/mol. The summed E-state index contributed by atoms with van der Waals surface area (Å²) >= 11 is 6.47. The van der Waals surface area contributed by atoms with Crippen molar-refractivity contribution in [2.24, 2.45) is 0 Å². The number of nitrogens with one attached hydrogen (secondary N) is 1. The standard InChI is InChI=1S/C14H10Br2F3NO/c15-10-3-1-2-9(6-10)8-20-12-5-4-11(16)7-13(12)21-14(17,18)19/h1-7,20H,8H2. The normalized spacial score (nSPS) is 11.3. The van der Waals surface area contributed by atoms with E-state index in [1.54, 1.807) is 6.07 Å². The topological polar surface area (TPSA) is 21.3 Å². The van der Waals surface area contributed by atoms with Gasteiger partial charge in [0.15, 0.2) is 5.75 Å². The molecule has 0 saturated heterocycles. The summed E-state index contributed by atoms with van der Waals surface area (Å²) in [5.41, 5.74) is 1.21. The van der Waals surface area contributed by atoms with Crippen molar-refractivity contribution in [2.45, 2.75) is 12.9 Å². The number of alkyl halides is 3. The van der Waals surface area contributed by atoms with Crippen molar-refractivity contribution in [1.29, 1.82) is 0 Å². The molecule has 112 valence electrons. The minimum atomic E-state index is -4.73. The summed E-state index contributed by atoms with van der Waals surface area (Å²) in [5.74, 6) is -0.271. The van der Waals surface area contributed by atoms with Gasteiger partial charge in [0.05, 0.1) is 5.69 Å². The van der Waals surface area contributed by atoms with E-state index in [1.807, 2.05) is 24.3 Å². The molecule has 0 bridgehead atoms. The summed E-state index contributed by atoms with van der Waals surface area (Å²) in [7, 11) is 0. The molecule has 0 saturated carbocycles. The van der Waals surface area contributed by atoms with E-state index in [0.717, 1.165) is 10.0 Å². The van der Waals surface area contributed by atoms with E-state index in [0.29, 0.717) is 11.0 Å². The molecule has 7 heteroatoms. The first-order valence-electron chi connectivity index (χ1n) is 5.87. The van der Waals surface area contributed by atoms with Gasteiger partial charge in [-0.25, -0.2) is 0 Å². The maximum absolute atomic E-state index is 12.4. The quantitative estimate of drug-likeness (QED) is 0.677. The van der Waals surface area contributed by atoms with Gasteiger partial charge >= 0.3 is 6.36 Å². The van der Waals surface area contributed by atoms with E-state index >= 15 is 0 Å². The van der Waals surface area contributed by atoms with Crippen LogP contribution in [-0.2, 0) is 6.54 Å². The lowest BCUT2D eigenvalue weighted by Gasteiger charge is -2.15. The predicted molar refractivity (Wildman–Crippen MR) is 82.3 cm³/mol. The SMILES string of the molecule is FC(F)(F)Oc1cc(Br)ccc1NCc1cccc(Br)c1. The van der Waals surface area contributed by atoms with Gasteiger partial charge in [0.2, 0.25) is 0 Å². The first-order chi connectivity index (χ1) is 9.83. The number of hydrogen-bond donors (Lipinski definition) is 1. The van der Waals surface area contributed by atoms with Crippen LogP contribution in [0.1, 0.15) is 5.56 Å². The lowest BCUT2D eigenvalue weighted by Crippen LogP contribution is -2.18. The third-order valence-corrected chi connectivity index (χ3v) is 3.53. The lowest BCUT2D eigenvalue weighted by atomic mass is 10.2. The fraction of sp³-hybridized carbons (Fsp3) is 0.143. The molecule has 0 fully saturated rings. The molecule has 0 radical (unpaired) electrons. The molecule has 0 amide bonds. The largest absolute Gasteiger partial charge is 0.573 e. The van der Waals surface area contributed by atoms with E-state index in [-0.39, 0.29) is 11.4 Å².